The number of aliphatic hydroxyl groups excluding tert-OH is 1. The third-order valence-electron chi connectivity index (χ3n) is 5.87. The highest BCUT2D eigenvalue weighted by atomic mass is 35.5. The summed E-state index contributed by atoms with van der Waals surface area (Å²) >= 11 is 8.88. The third kappa shape index (κ3) is 5.58. The molecule has 196 valence electrons. The SMILES string of the molecule is C=CCOc1ccc(C2/C(=C(\O)c3ccncc3)C(=O)C(=O)N2c2nnc(SCc3ccccc3Cl)s2)cc1. The second-order valence-corrected chi connectivity index (χ2v) is 10.9. The number of anilines is 1. The molecule has 1 amide bonds. The minimum atomic E-state index is -0.930. The maximum absolute atomic E-state index is 13.4. The van der Waals surface area contributed by atoms with Gasteiger partial charge in [-0.25, -0.2) is 0 Å². The molecule has 1 N–H and O–H groups in total. The minimum absolute atomic E-state index is 0.0496. The lowest BCUT2D eigenvalue weighted by Crippen LogP contribution is -2.29. The number of hydrogen-bond acceptors (Lipinski definition) is 9. The van der Waals surface area contributed by atoms with Gasteiger partial charge in [0.2, 0.25) is 5.13 Å². The molecule has 3 heterocycles. The molecule has 1 atom stereocenters. The summed E-state index contributed by atoms with van der Waals surface area (Å²) in [6.07, 6.45) is 4.63. The molecule has 4 aromatic rings. The summed E-state index contributed by atoms with van der Waals surface area (Å²) in [6, 6.07) is 16.7. The van der Waals surface area contributed by atoms with Crippen LogP contribution in [0, 0.1) is 0 Å². The van der Waals surface area contributed by atoms with Crippen LogP contribution in [0.25, 0.3) is 5.76 Å². The molecule has 0 spiro atoms. The van der Waals surface area contributed by atoms with Crippen molar-refractivity contribution in [3.63, 3.8) is 0 Å². The van der Waals surface area contributed by atoms with Gasteiger partial charge in [-0.15, -0.1) is 10.2 Å². The van der Waals surface area contributed by atoms with Gasteiger partial charge in [0, 0.05) is 28.7 Å². The van der Waals surface area contributed by atoms with Crippen LogP contribution in [0.1, 0.15) is 22.7 Å². The molecule has 0 radical (unpaired) electrons. The Labute approximate surface area is 237 Å². The predicted octanol–water partition coefficient (Wildman–Crippen LogP) is 6.07. The Morgan fingerprint density at radius 3 is 2.56 bits per heavy atom. The summed E-state index contributed by atoms with van der Waals surface area (Å²) in [7, 11) is 0. The van der Waals surface area contributed by atoms with Gasteiger partial charge in [-0.1, -0.05) is 77.7 Å². The highest BCUT2D eigenvalue weighted by Crippen LogP contribution is 2.44. The number of nitrogens with zero attached hydrogens (tertiary/aromatic N) is 4. The summed E-state index contributed by atoms with van der Waals surface area (Å²) in [6.45, 7) is 3.98. The van der Waals surface area contributed by atoms with Crippen LogP contribution in [-0.4, -0.2) is 38.6 Å². The molecule has 5 rings (SSSR count). The average Bonchev–Trinajstić information content (AvgIpc) is 3.53. The fourth-order valence-corrected chi connectivity index (χ4v) is 6.18. The van der Waals surface area contributed by atoms with E-state index in [1.165, 1.54) is 40.4 Å². The predicted molar refractivity (Wildman–Crippen MR) is 152 cm³/mol. The van der Waals surface area contributed by atoms with Crippen LogP contribution in [0.2, 0.25) is 5.02 Å². The van der Waals surface area contributed by atoms with E-state index in [2.05, 4.69) is 21.8 Å². The molecule has 0 aliphatic carbocycles. The number of aromatic nitrogens is 3. The van der Waals surface area contributed by atoms with E-state index in [1.807, 2.05) is 24.3 Å². The van der Waals surface area contributed by atoms with Crippen LogP contribution in [0.3, 0.4) is 0 Å². The molecule has 39 heavy (non-hydrogen) atoms. The second-order valence-electron chi connectivity index (χ2n) is 8.30. The van der Waals surface area contributed by atoms with Crippen LogP contribution >= 0.6 is 34.7 Å². The van der Waals surface area contributed by atoms with Crippen molar-refractivity contribution in [2.24, 2.45) is 0 Å². The Morgan fingerprint density at radius 2 is 1.85 bits per heavy atom. The molecule has 0 bridgehead atoms. The van der Waals surface area contributed by atoms with Crippen molar-refractivity contribution in [3.05, 3.63) is 113 Å². The first kappa shape index (κ1) is 26.6. The van der Waals surface area contributed by atoms with Crippen LogP contribution < -0.4 is 9.64 Å². The lowest BCUT2D eigenvalue weighted by Gasteiger charge is -2.22. The largest absolute Gasteiger partial charge is 0.507 e. The first-order chi connectivity index (χ1) is 19.0. The number of Topliss-reactive ketones (excluding diaryl/α,β-unsaturated/α-hetero) is 1. The summed E-state index contributed by atoms with van der Waals surface area (Å²) in [5.41, 5.74) is 1.85. The van der Waals surface area contributed by atoms with Gasteiger partial charge in [0.15, 0.2) is 4.34 Å². The summed E-state index contributed by atoms with van der Waals surface area (Å²) in [4.78, 5) is 32.0. The van der Waals surface area contributed by atoms with Crippen molar-refractivity contribution in [2.45, 2.75) is 16.1 Å². The van der Waals surface area contributed by atoms with Gasteiger partial charge in [0.25, 0.3) is 5.78 Å². The highest BCUT2D eigenvalue weighted by Gasteiger charge is 2.48. The molecule has 1 aliphatic heterocycles. The average molecular weight is 577 g/mol. The fraction of sp³-hybridized carbons (Fsp3) is 0.107. The molecule has 2 aromatic heterocycles. The van der Waals surface area contributed by atoms with E-state index in [0.29, 0.717) is 38.6 Å². The number of thioether (sulfide) groups is 1. The Balaban J connectivity index is 1.52. The Kier molecular flexibility index (Phi) is 8.06. The van der Waals surface area contributed by atoms with Gasteiger partial charge in [0.05, 0.1) is 11.6 Å². The normalized spacial score (nSPS) is 16.4. The molecule has 8 nitrogen and oxygen atoms in total. The van der Waals surface area contributed by atoms with Gasteiger partial charge in [0.1, 0.15) is 18.1 Å². The third-order valence-corrected chi connectivity index (χ3v) is 8.35. The summed E-state index contributed by atoms with van der Waals surface area (Å²) in [5.74, 6) is -0.764. The first-order valence-corrected chi connectivity index (χ1v) is 13.9. The molecule has 11 heteroatoms. The van der Waals surface area contributed by atoms with E-state index in [4.69, 9.17) is 16.3 Å². The summed E-state index contributed by atoms with van der Waals surface area (Å²) in [5, 5.41) is 20.5. The lowest BCUT2D eigenvalue weighted by atomic mass is 9.95. The number of pyridine rings is 1. The van der Waals surface area contributed by atoms with E-state index in [0.717, 1.165) is 5.56 Å². The molecule has 1 unspecified atom stereocenters. The van der Waals surface area contributed by atoms with E-state index >= 15 is 0 Å². The van der Waals surface area contributed by atoms with Gasteiger partial charge in [-0.2, -0.15) is 0 Å². The smallest absolute Gasteiger partial charge is 0.301 e. The van der Waals surface area contributed by atoms with Crippen molar-refractivity contribution >= 4 is 57.3 Å². The molecule has 0 saturated carbocycles. The van der Waals surface area contributed by atoms with Crippen molar-refractivity contribution in [1.82, 2.24) is 15.2 Å². The zero-order chi connectivity index (χ0) is 27.4. The number of benzene rings is 2. The van der Waals surface area contributed by atoms with Gasteiger partial charge < -0.3 is 9.84 Å². The van der Waals surface area contributed by atoms with Crippen LogP contribution in [0.15, 0.2) is 95.6 Å². The van der Waals surface area contributed by atoms with E-state index in [-0.39, 0.29) is 16.5 Å². The topological polar surface area (TPSA) is 106 Å². The van der Waals surface area contributed by atoms with E-state index in [1.54, 1.807) is 42.5 Å². The second kappa shape index (κ2) is 11.8. The zero-order valence-corrected chi connectivity index (χ0v) is 22.7. The number of hydrogen-bond donors (Lipinski definition) is 1. The van der Waals surface area contributed by atoms with E-state index in [9.17, 15) is 14.7 Å². The molecule has 2 aromatic carbocycles. The number of aliphatic hydroxyl groups is 1. The van der Waals surface area contributed by atoms with Crippen molar-refractivity contribution in [3.8, 4) is 5.75 Å². The van der Waals surface area contributed by atoms with Gasteiger partial charge in [-0.05, 0) is 41.5 Å². The Morgan fingerprint density at radius 1 is 1.10 bits per heavy atom. The molecule has 1 fully saturated rings. The molecular formula is C28H21ClN4O4S2. The first-order valence-electron chi connectivity index (χ1n) is 11.7. The lowest BCUT2D eigenvalue weighted by molar-refractivity contribution is -0.132. The maximum Gasteiger partial charge on any atom is 0.301 e. The number of ketones is 1. The van der Waals surface area contributed by atoms with E-state index < -0.39 is 17.7 Å². The van der Waals surface area contributed by atoms with Gasteiger partial charge >= 0.3 is 5.91 Å². The van der Waals surface area contributed by atoms with Crippen LogP contribution in [0.4, 0.5) is 5.13 Å². The summed E-state index contributed by atoms with van der Waals surface area (Å²) < 4.78 is 6.18. The quantitative estimate of drug-likeness (QED) is 0.0639. The number of halogens is 1. The fourth-order valence-electron chi connectivity index (χ4n) is 4.03. The number of rotatable bonds is 9. The maximum atomic E-state index is 13.4. The van der Waals surface area contributed by atoms with Gasteiger partial charge in [-0.3, -0.25) is 19.5 Å². The van der Waals surface area contributed by atoms with Crippen LogP contribution in [0.5, 0.6) is 5.75 Å². The molecule has 1 saturated heterocycles. The zero-order valence-electron chi connectivity index (χ0n) is 20.4. The number of ether oxygens (including phenoxy) is 1. The van der Waals surface area contributed by atoms with Crippen molar-refractivity contribution in [1.29, 1.82) is 0 Å². The van der Waals surface area contributed by atoms with Crippen molar-refractivity contribution < 1.29 is 19.4 Å². The standard InChI is InChI=1S/C28H21ClN4O4S2/c1-2-15-37-20-9-7-17(8-10-20)23-22(24(34)18-11-13-30-14-12-18)25(35)26(36)33(23)27-31-32-28(39-27)38-16-19-5-3-4-6-21(19)29/h2-14,23,34H,1,15-16H2/b24-22+. The van der Waals surface area contributed by atoms with Crippen molar-refractivity contribution in [2.75, 3.05) is 11.5 Å². The number of carbonyl (C=O) groups is 2. The van der Waals surface area contributed by atoms with Crippen LogP contribution in [-0.2, 0) is 15.3 Å². The molecular weight excluding hydrogens is 556 g/mol. The number of carbonyl (C=O) groups excluding carboxylic acids is 2. The Hall–Kier alpha value is -3.99. The molecule has 1 aliphatic rings. The minimum Gasteiger partial charge on any atom is -0.507 e. The number of amides is 1. The highest BCUT2D eigenvalue weighted by molar-refractivity contribution is 8.00. The monoisotopic (exact) mass is 576 g/mol. The Bertz CT molecular complexity index is 1560.